The number of aromatic hydroxyl groups is 1. The van der Waals surface area contributed by atoms with Crippen molar-refractivity contribution in [2.45, 2.75) is 86.3 Å². The number of hydrogen-bond donors (Lipinski definition) is 12. The maximum absolute atomic E-state index is 12.2. The molecule has 20 nitrogen and oxygen atoms in total. The van der Waals surface area contributed by atoms with Crippen LogP contribution in [0.1, 0.15) is 12.0 Å². The van der Waals surface area contributed by atoms with Crippen LogP contribution in [0, 0.1) is 0 Å². The summed E-state index contributed by atoms with van der Waals surface area (Å²) >= 11 is 0. The third-order valence-corrected chi connectivity index (χ3v) is 8.76. The van der Waals surface area contributed by atoms with Crippen LogP contribution in [0.2, 0.25) is 0 Å². The fraction of sp³-hybridized carbons (Fsp3) is 0.533. The van der Waals surface area contributed by atoms with E-state index < -0.39 is 110 Å². The summed E-state index contributed by atoms with van der Waals surface area (Å²) in [7, 11) is 0. The first-order valence-corrected chi connectivity index (χ1v) is 15.3. The number of nitrogens with one attached hydrogen (secondary N) is 1. The average molecular weight is 714 g/mol. The van der Waals surface area contributed by atoms with E-state index in [1.54, 1.807) is 0 Å². The smallest absolute Gasteiger partial charge is 0.373 e. The minimum Gasteiger partial charge on any atom is -0.504 e. The van der Waals surface area contributed by atoms with Crippen LogP contribution in [0.4, 0.5) is 5.69 Å². The molecule has 1 aromatic rings. The number of benzene rings is 1. The van der Waals surface area contributed by atoms with Gasteiger partial charge in [-0.1, -0.05) is 0 Å². The molecular formula is C30H37N2O18+. The van der Waals surface area contributed by atoms with Crippen molar-refractivity contribution in [1.29, 1.82) is 0 Å². The summed E-state index contributed by atoms with van der Waals surface area (Å²) in [5.41, 5.74) is 0.360. The number of rotatable bonds is 10. The molecule has 0 saturated carbocycles. The number of ether oxygens (including phenoxy) is 4. The van der Waals surface area contributed by atoms with Crippen LogP contribution in [0.5, 0.6) is 11.5 Å². The first kappa shape index (κ1) is 37.0. The predicted molar refractivity (Wildman–Crippen MR) is 159 cm³/mol. The van der Waals surface area contributed by atoms with Crippen LogP contribution in [0.3, 0.4) is 0 Å². The van der Waals surface area contributed by atoms with Crippen molar-refractivity contribution in [3.8, 4) is 11.5 Å². The molecule has 12 N–H and O–H groups in total. The topological polar surface area (TPSA) is 326 Å². The summed E-state index contributed by atoms with van der Waals surface area (Å²) in [4.78, 5) is 35.4. The molecule has 0 aromatic heterocycles. The van der Waals surface area contributed by atoms with Crippen LogP contribution in [-0.4, -0.2) is 172 Å². The van der Waals surface area contributed by atoms with E-state index in [1.807, 2.05) is 0 Å². The molecule has 12 atom stereocenters. The molecule has 0 aliphatic carbocycles. The number of carboxylic acids is 3. The highest BCUT2D eigenvalue weighted by atomic mass is 16.8. The van der Waals surface area contributed by atoms with Crippen LogP contribution in [0.25, 0.3) is 0 Å². The molecule has 2 fully saturated rings. The maximum Gasteiger partial charge on any atom is 0.373 e. The standard InChI is InChI=1S/C30H36N2O18/c33-8-18-20(36)22(38)24(40)29(48-18)50-25-23(39)21(37)19(9-34)49-30(25)47-17-7-14-11(6-16(17)35)5-15(28(45)46)32(14)2-1-10-3-12(26(41)42)31-13(4-10)27(43)44/h1-3,6-7,13,15,18-25,29-30,33-34,36-40H,4-5,8-9H2,(H4,35,41,42,43,44,45,46)/p+1/t13-,15-,18+,19+,20+,21+,22-,23-,24+,25+,29-,30+/m0/s1. The first-order chi connectivity index (χ1) is 23.6. The second kappa shape index (κ2) is 14.9. The lowest BCUT2D eigenvalue weighted by Gasteiger charge is -2.45. The van der Waals surface area contributed by atoms with Gasteiger partial charge in [-0.15, -0.1) is 0 Å². The van der Waals surface area contributed by atoms with Crippen molar-refractivity contribution >= 4 is 29.8 Å². The average Bonchev–Trinajstić information content (AvgIpc) is 3.43. The Bertz CT molecular complexity index is 1580. The van der Waals surface area contributed by atoms with Gasteiger partial charge in [-0.3, -0.25) is 0 Å². The van der Waals surface area contributed by atoms with Gasteiger partial charge in [-0.2, -0.15) is 4.58 Å². The Hall–Kier alpha value is -4.22. The highest BCUT2D eigenvalue weighted by Crippen LogP contribution is 2.41. The Kier molecular flexibility index (Phi) is 11.1. The van der Waals surface area contributed by atoms with Crippen molar-refractivity contribution in [2.24, 2.45) is 0 Å². The lowest BCUT2D eigenvalue weighted by atomic mass is 9.97. The molecule has 0 unspecified atom stereocenters. The lowest BCUT2D eigenvalue weighted by Crippen LogP contribution is -2.65. The third kappa shape index (κ3) is 7.30. The van der Waals surface area contributed by atoms with E-state index in [2.05, 4.69) is 5.32 Å². The van der Waals surface area contributed by atoms with E-state index in [-0.39, 0.29) is 35.5 Å². The Morgan fingerprint density at radius 2 is 1.50 bits per heavy atom. The summed E-state index contributed by atoms with van der Waals surface area (Å²) in [5, 5.41) is 114. The fourth-order valence-electron chi connectivity index (χ4n) is 6.05. The molecule has 20 heteroatoms. The van der Waals surface area contributed by atoms with E-state index in [4.69, 9.17) is 18.9 Å². The molecule has 274 valence electrons. The zero-order chi connectivity index (χ0) is 36.6. The van der Waals surface area contributed by atoms with E-state index in [0.29, 0.717) is 5.56 Å². The summed E-state index contributed by atoms with van der Waals surface area (Å²) < 4.78 is 23.7. The van der Waals surface area contributed by atoms with Crippen molar-refractivity contribution in [3.05, 3.63) is 41.1 Å². The predicted octanol–water partition coefficient (Wildman–Crippen LogP) is -4.54. The number of aliphatic hydroxyl groups excluding tert-OH is 7. The number of hydrogen-bond acceptors (Lipinski definition) is 16. The number of carboxylic acid groups (broad SMARTS) is 3. The highest BCUT2D eigenvalue weighted by molar-refractivity contribution is 5.89. The van der Waals surface area contributed by atoms with Gasteiger partial charge in [0.1, 0.15) is 54.5 Å². The summed E-state index contributed by atoms with van der Waals surface area (Å²) in [5.74, 6) is -4.92. The van der Waals surface area contributed by atoms with Crippen molar-refractivity contribution < 1.29 is 94.1 Å². The number of phenols is 1. The monoisotopic (exact) mass is 713 g/mol. The normalized spacial score (nSPS) is 37.1. The lowest BCUT2D eigenvalue weighted by molar-refractivity contribution is -0.456. The Morgan fingerprint density at radius 3 is 2.10 bits per heavy atom. The van der Waals surface area contributed by atoms with Gasteiger partial charge in [0.05, 0.1) is 25.7 Å². The SMILES string of the molecule is O=C(O)C1=C/C(=C/C=[N+]2c3cc(O[C@@H]4O[C@H](CO)[C@@H](O)[C@H](O)[C@H]4O[C@@H]4O[C@H](CO)[C@@H](O)[C@H](O)[C@H]4O)c(O)cc3C[C@H]2C(=O)O)C[C@@H](C(=O)O)N1. The van der Waals surface area contributed by atoms with Gasteiger partial charge in [-0.05, 0) is 17.7 Å². The van der Waals surface area contributed by atoms with Gasteiger partial charge in [0.25, 0.3) is 6.04 Å². The van der Waals surface area contributed by atoms with Crippen LogP contribution < -0.4 is 10.1 Å². The molecule has 2 saturated heterocycles. The summed E-state index contributed by atoms with van der Waals surface area (Å²) in [6.45, 7) is -1.63. The van der Waals surface area contributed by atoms with Gasteiger partial charge in [0.2, 0.25) is 12.0 Å². The Labute approximate surface area is 281 Å². The van der Waals surface area contributed by atoms with Gasteiger partial charge >= 0.3 is 17.9 Å². The molecule has 1 aromatic carbocycles. The van der Waals surface area contributed by atoms with E-state index >= 15 is 0 Å². The second-order valence-corrected chi connectivity index (χ2v) is 12.0. The van der Waals surface area contributed by atoms with Crippen molar-refractivity contribution in [1.82, 2.24) is 5.32 Å². The van der Waals surface area contributed by atoms with E-state index in [0.717, 1.165) is 0 Å². The summed E-state index contributed by atoms with van der Waals surface area (Å²) in [6, 6.07) is -0.0990. The first-order valence-electron chi connectivity index (χ1n) is 15.3. The van der Waals surface area contributed by atoms with Crippen molar-refractivity contribution in [3.63, 3.8) is 0 Å². The molecule has 4 aliphatic rings. The molecule has 0 bridgehead atoms. The van der Waals surface area contributed by atoms with Gasteiger partial charge in [-0.25, -0.2) is 14.4 Å². The number of fused-ring (bicyclic) bond motifs is 1. The van der Waals surface area contributed by atoms with Crippen molar-refractivity contribution in [2.75, 3.05) is 13.2 Å². The molecule has 5 rings (SSSR count). The number of phenolic OH excluding ortho intramolecular Hbond substituents is 1. The summed E-state index contributed by atoms with van der Waals surface area (Å²) in [6.07, 6.45) is -13.9. The molecule has 4 aliphatic heterocycles. The molecule has 0 amide bonds. The van der Waals surface area contributed by atoms with Gasteiger partial charge in [0, 0.05) is 18.1 Å². The van der Waals surface area contributed by atoms with Crippen LogP contribution in [0.15, 0.2) is 35.6 Å². The number of aliphatic hydroxyl groups is 7. The molecular weight excluding hydrogens is 676 g/mol. The quantitative estimate of drug-likeness (QED) is 0.102. The van der Waals surface area contributed by atoms with Gasteiger partial charge in [0.15, 0.2) is 30.1 Å². The zero-order valence-electron chi connectivity index (χ0n) is 25.9. The number of nitrogens with zero attached hydrogens (tertiary/aromatic N) is 1. The minimum absolute atomic E-state index is 0.117. The molecule has 4 heterocycles. The molecule has 0 radical (unpaired) electrons. The maximum atomic E-state index is 12.2. The minimum atomic E-state index is -1.93. The zero-order valence-corrected chi connectivity index (χ0v) is 25.9. The highest BCUT2D eigenvalue weighted by Gasteiger charge is 2.52. The van der Waals surface area contributed by atoms with Crippen LogP contribution in [-0.2, 0) is 35.0 Å². The molecule has 0 spiro atoms. The van der Waals surface area contributed by atoms with E-state index in [1.165, 1.54) is 35.1 Å². The molecule has 50 heavy (non-hydrogen) atoms. The number of carbonyl (C=O) groups is 3. The largest absolute Gasteiger partial charge is 0.504 e. The number of allylic oxidation sites excluding steroid dienone is 2. The Balaban J connectivity index is 1.48. The van der Waals surface area contributed by atoms with Gasteiger partial charge < -0.3 is 80.4 Å². The third-order valence-electron chi connectivity index (χ3n) is 8.76. The second-order valence-electron chi connectivity index (χ2n) is 12.0. The van der Waals surface area contributed by atoms with E-state index in [9.17, 15) is 70.6 Å². The number of aliphatic carboxylic acids is 3. The fourth-order valence-corrected chi connectivity index (χ4v) is 6.05. The van der Waals surface area contributed by atoms with Crippen LogP contribution >= 0.6 is 0 Å². The Morgan fingerprint density at radius 1 is 0.860 bits per heavy atom.